The minimum atomic E-state index is 0.00615. The molecule has 0 spiro atoms. The van der Waals surface area contributed by atoms with Crippen LogP contribution < -0.4 is 0 Å². The van der Waals surface area contributed by atoms with Crippen molar-refractivity contribution < 1.29 is 9.59 Å². The van der Waals surface area contributed by atoms with Crippen LogP contribution in [0.15, 0.2) is 30.3 Å². The number of amides is 2. The molecule has 0 N–H and O–H groups in total. The van der Waals surface area contributed by atoms with E-state index < -0.39 is 0 Å². The van der Waals surface area contributed by atoms with Gasteiger partial charge in [0, 0.05) is 32.6 Å². The number of carbonyl (C=O) groups excluding carboxylic acids is 2. The summed E-state index contributed by atoms with van der Waals surface area (Å²) < 4.78 is 0. The van der Waals surface area contributed by atoms with Crippen molar-refractivity contribution in [1.29, 1.82) is 0 Å². The molecule has 1 aliphatic rings. The van der Waals surface area contributed by atoms with Crippen molar-refractivity contribution in [3.05, 3.63) is 35.9 Å². The molecule has 0 bridgehead atoms. The fraction of sp³-hybridized carbons (Fsp3) is 0.579. The normalized spacial score (nSPS) is 16.1. The fourth-order valence-electron chi connectivity index (χ4n) is 2.86. The third-order valence-corrected chi connectivity index (χ3v) is 4.08. The average molecular weight is 316 g/mol. The van der Waals surface area contributed by atoms with Crippen LogP contribution in [0.2, 0.25) is 0 Å². The topological polar surface area (TPSA) is 40.6 Å². The Morgan fingerprint density at radius 3 is 2.04 bits per heavy atom. The summed E-state index contributed by atoms with van der Waals surface area (Å²) in [6, 6.07) is 9.83. The van der Waals surface area contributed by atoms with Crippen molar-refractivity contribution in [2.45, 2.75) is 40.0 Å². The van der Waals surface area contributed by atoms with Crippen LogP contribution in [0.4, 0.5) is 0 Å². The number of hydrogen-bond acceptors (Lipinski definition) is 2. The monoisotopic (exact) mass is 316 g/mol. The van der Waals surface area contributed by atoms with Gasteiger partial charge in [0.1, 0.15) is 0 Å². The Bertz CT molecular complexity index is 534. The molecule has 0 unspecified atom stereocenters. The molecule has 2 rings (SSSR count). The highest BCUT2D eigenvalue weighted by atomic mass is 16.2. The van der Waals surface area contributed by atoms with Gasteiger partial charge in [-0.05, 0) is 17.4 Å². The molecule has 0 radical (unpaired) electrons. The van der Waals surface area contributed by atoms with E-state index >= 15 is 0 Å². The Balaban J connectivity index is 1.88. The summed E-state index contributed by atoms with van der Waals surface area (Å²) in [6.07, 6.45) is 1.86. The van der Waals surface area contributed by atoms with Gasteiger partial charge in [0.15, 0.2) is 0 Å². The van der Waals surface area contributed by atoms with Gasteiger partial charge in [-0.1, -0.05) is 51.1 Å². The van der Waals surface area contributed by atoms with E-state index in [4.69, 9.17) is 0 Å². The van der Waals surface area contributed by atoms with Crippen molar-refractivity contribution in [3.8, 4) is 0 Å². The van der Waals surface area contributed by atoms with Gasteiger partial charge in [0.2, 0.25) is 11.8 Å². The van der Waals surface area contributed by atoms with Crippen LogP contribution in [0.5, 0.6) is 0 Å². The summed E-state index contributed by atoms with van der Waals surface area (Å²) in [7, 11) is 0. The van der Waals surface area contributed by atoms with Crippen LogP contribution in [0.3, 0.4) is 0 Å². The van der Waals surface area contributed by atoms with Gasteiger partial charge < -0.3 is 9.80 Å². The molecule has 2 amide bonds. The van der Waals surface area contributed by atoms with Crippen molar-refractivity contribution >= 4 is 11.8 Å². The van der Waals surface area contributed by atoms with E-state index in [9.17, 15) is 9.59 Å². The minimum absolute atomic E-state index is 0.00615. The number of carbonyl (C=O) groups is 2. The van der Waals surface area contributed by atoms with E-state index in [0.717, 1.165) is 25.1 Å². The van der Waals surface area contributed by atoms with E-state index in [2.05, 4.69) is 20.8 Å². The van der Waals surface area contributed by atoms with Gasteiger partial charge in [0.05, 0.1) is 6.42 Å². The SMILES string of the molecule is CC(C)(C)CC(=O)N1CCCN(C(=O)Cc2ccccc2)CC1. The van der Waals surface area contributed by atoms with Crippen LogP contribution in [-0.4, -0.2) is 47.8 Å². The Hall–Kier alpha value is -1.84. The number of nitrogens with zero attached hydrogens (tertiary/aromatic N) is 2. The Morgan fingerprint density at radius 2 is 1.48 bits per heavy atom. The smallest absolute Gasteiger partial charge is 0.227 e. The van der Waals surface area contributed by atoms with E-state index in [1.807, 2.05) is 40.1 Å². The molecule has 4 heteroatoms. The lowest BCUT2D eigenvalue weighted by molar-refractivity contribution is -0.134. The summed E-state index contributed by atoms with van der Waals surface area (Å²) in [5.41, 5.74) is 1.05. The number of benzene rings is 1. The van der Waals surface area contributed by atoms with Crippen LogP contribution in [0, 0.1) is 5.41 Å². The fourth-order valence-corrected chi connectivity index (χ4v) is 2.86. The van der Waals surface area contributed by atoms with Gasteiger partial charge in [0.25, 0.3) is 0 Å². The van der Waals surface area contributed by atoms with Gasteiger partial charge in [-0.25, -0.2) is 0 Å². The molecule has 1 aromatic rings. The van der Waals surface area contributed by atoms with Gasteiger partial charge >= 0.3 is 0 Å². The van der Waals surface area contributed by atoms with Crippen LogP contribution in [-0.2, 0) is 16.0 Å². The maximum atomic E-state index is 12.4. The molecule has 1 fully saturated rings. The molecule has 126 valence electrons. The first kappa shape index (κ1) is 17.5. The van der Waals surface area contributed by atoms with Crippen molar-refractivity contribution in [1.82, 2.24) is 9.80 Å². The van der Waals surface area contributed by atoms with Crippen LogP contribution in [0.1, 0.15) is 39.2 Å². The predicted molar refractivity (Wildman–Crippen MR) is 92.0 cm³/mol. The highest BCUT2D eigenvalue weighted by molar-refractivity contribution is 5.79. The minimum Gasteiger partial charge on any atom is -0.341 e. The first-order chi connectivity index (χ1) is 10.8. The highest BCUT2D eigenvalue weighted by Crippen LogP contribution is 2.20. The van der Waals surface area contributed by atoms with E-state index in [1.165, 1.54) is 0 Å². The molecule has 1 aliphatic heterocycles. The molecule has 0 aliphatic carbocycles. The van der Waals surface area contributed by atoms with Crippen LogP contribution >= 0.6 is 0 Å². The lowest BCUT2D eigenvalue weighted by Crippen LogP contribution is -2.38. The second-order valence-corrected chi connectivity index (χ2v) is 7.51. The zero-order valence-electron chi connectivity index (χ0n) is 14.5. The summed E-state index contributed by atoms with van der Waals surface area (Å²) in [5, 5.41) is 0. The zero-order valence-corrected chi connectivity index (χ0v) is 14.5. The summed E-state index contributed by atoms with van der Waals surface area (Å²) >= 11 is 0. The maximum Gasteiger partial charge on any atom is 0.227 e. The second-order valence-electron chi connectivity index (χ2n) is 7.51. The third-order valence-electron chi connectivity index (χ3n) is 4.08. The summed E-state index contributed by atoms with van der Waals surface area (Å²) in [4.78, 5) is 28.6. The molecule has 4 nitrogen and oxygen atoms in total. The summed E-state index contributed by atoms with van der Waals surface area (Å²) in [6.45, 7) is 9.03. The van der Waals surface area contributed by atoms with Crippen molar-refractivity contribution in [3.63, 3.8) is 0 Å². The predicted octanol–water partition coefficient (Wildman–Crippen LogP) is 2.73. The lowest BCUT2D eigenvalue weighted by Gasteiger charge is -2.25. The van der Waals surface area contributed by atoms with Crippen molar-refractivity contribution in [2.75, 3.05) is 26.2 Å². The van der Waals surface area contributed by atoms with E-state index in [1.54, 1.807) is 0 Å². The molecular weight excluding hydrogens is 288 g/mol. The molecular formula is C19H28N2O2. The molecule has 0 aromatic heterocycles. The highest BCUT2D eigenvalue weighted by Gasteiger charge is 2.24. The zero-order chi connectivity index (χ0) is 16.9. The van der Waals surface area contributed by atoms with Gasteiger partial charge in [-0.2, -0.15) is 0 Å². The first-order valence-electron chi connectivity index (χ1n) is 8.45. The number of hydrogen-bond donors (Lipinski definition) is 0. The quantitative estimate of drug-likeness (QED) is 0.860. The maximum absolute atomic E-state index is 12.4. The third kappa shape index (κ3) is 5.70. The Kier molecular flexibility index (Phi) is 5.80. The van der Waals surface area contributed by atoms with Gasteiger partial charge in [-0.3, -0.25) is 9.59 Å². The lowest BCUT2D eigenvalue weighted by atomic mass is 9.91. The van der Waals surface area contributed by atoms with Crippen LogP contribution in [0.25, 0.3) is 0 Å². The average Bonchev–Trinajstić information content (AvgIpc) is 2.72. The Labute approximate surface area is 139 Å². The van der Waals surface area contributed by atoms with Crippen molar-refractivity contribution in [2.24, 2.45) is 5.41 Å². The first-order valence-corrected chi connectivity index (χ1v) is 8.45. The van der Waals surface area contributed by atoms with E-state index in [-0.39, 0.29) is 17.2 Å². The largest absolute Gasteiger partial charge is 0.341 e. The standard InChI is InChI=1S/C19H28N2O2/c1-19(2,3)15-18(23)21-11-7-10-20(12-13-21)17(22)14-16-8-5-4-6-9-16/h4-6,8-9H,7,10-15H2,1-3H3. The number of rotatable bonds is 3. The van der Waals surface area contributed by atoms with Gasteiger partial charge in [-0.15, -0.1) is 0 Å². The molecule has 1 heterocycles. The Morgan fingerprint density at radius 1 is 0.913 bits per heavy atom. The van der Waals surface area contributed by atoms with E-state index in [0.29, 0.717) is 25.9 Å². The molecule has 0 saturated carbocycles. The molecule has 0 atom stereocenters. The second kappa shape index (κ2) is 7.62. The summed E-state index contributed by atoms with van der Waals surface area (Å²) in [5.74, 6) is 0.358. The molecule has 23 heavy (non-hydrogen) atoms. The molecule has 1 saturated heterocycles. The molecule has 1 aromatic carbocycles.